The standard InChI is InChI=1S/C38H46N2O5S/c41-12-13-46-24-34-18-35(31-6-4-25(23-42)5-7-31)45-36(44-34)32-10-8-30(9-11-32)33-3-1-2-26(17-33)22-39-37(43)40-38-19-27-14-28(20-38)16-29(15-27)21-38/h1-11,17,27-29,34-36,41-42H,12-16,18-24H2,(H2,39,40,43)/t27?,28?,29?,34-,35+,36+,38?/m1/s1. The molecule has 0 unspecified atom stereocenters. The summed E-state index contributed by atoms with van der Waals surface area (Å²) in [6, 6.07) is 24.6. The Kier molecular flexibility index (Phi) is 9.70. The topological polar surface area (TPSA) is 100 Å². The van der Waals surface area contributed by atoms with Crippen molar-refractivity contribution in [3.63, 3.8) is 0 Å². The van der Waals surface area contributed by atoms with Crippen LogP contribution in [0.1, 0.15) is 79.6 Å². The zero-order valence-corrected chi connectivity index (χ0v) is 27.2. The number of hydrogen-bond donors (Lipinski definition) is 4. The lowest BCUT2D eigenvalue weighted by Crippen LogP contribution is -2.61. The maximum absolute atomic E-state index is 13.0. The summed E-state index contributed by atoms with van der Waals surface area (Å²) in [4.78, 5) is 13.0. The Morgan fingerprint density at radius 2 is 1.50 bits per heavy atom. The quantitative estimate of drug-likeness (QED) is 0.170. The minimum Gasteiger partial charge on any atom is -0.396 e. The monoisotopic (exact) mass is 642 g/mol. The first-order valence-electron chi connectivity index (χ1n) is 16.9. The van der Waals surface area contributed by atoms with Gasteiger partial charge in [0.15, 0.2) is 6.29 Å². The van der Waals surface area contributed by atoms with Crippen LogP contribution in [0.2, 0.25) is 0 Å². The largest absolute Gasteiger partial charge is 0.396 e. The second kappa shape index (κ2) is 14.1. The number of benzene rings is 3. The highest BCUT2D eigenvalue weighted by atomic mass is 32.2. The maximum Gasteiger partial charge on any atom is 0.315 e. The number of carbonyl (C=O) groups is 1. The van der Waals surface area contributed by atoms with E-state index in [1.165, 1.54) is 19.3 Å². The predicted molar refractivity (Wildman–Crippen MR) is 181 cm³/mol. The Hall–Kier alpha value is -2.88. The van der Waals surface area contributed by atoms with Crippen LogP contribution in [-0.2, 0) is 22.6 Å². The van der Waals surface area contributed by atoms with E-state index in [1.807, 2.05) is 30.3 Å². The van der Waals surface area contributed by atoms with Gasteiger partial charge in [0.1, 0.15) is 0 Å². The van der Waals surface area contributed by atoms with Crippen LogP contribution in [-0.4, -0.2) is 46.0 Å². The Morgan fingerprint density at radius 1 is 0.804 bits per heavy atom. The Labute approximate surface area is 276 Å². The molecule has 7 nitrogen and oxygen atoms in total. The molecule has 0 spiro atoms. The molecular formula is C38H46N2O5S. The summed E-state index contributed by atoms with van der Waals surface area (Å²) in [7, 11) is 0. The van der Waals surface area contributed by atoms with Crippen molar-refractivity contribution in [1.29, 1.82) is 0 Å². The first kappa shape index (κ1) is 31.7. The molecule has 5 fully saturated rings. The molecule has 8 rings (SSSR count). The van der Waals surface area contributed by atoms with Gasteiger partial charge in [-0.05, 0) is 90.2 Å². The van der Waals surface area contributed by atoms with E-state index in [9.17, 15) is 15.0 Å². The Bertz CT molecular complexity index is 1440. The molecule has 1 saturated heterocycles. The summed E-state index contributed by atoms with van der Waals surface area (Å²) < 4.78 is 12.9. The van der Waals surface area contributed by atoms with Gasteiger partial charge in [-0.1, -0.05) is 66.7 Å². The molecule has 1 heterocycles. The molecule has 3 aromatic rings. The number of urea groups is 1. The molecule has 1 aliphatic heterocycles. The number of thioether (sulfide) groups is 1. The molecule has 4 aliphatic carbocycles. The molecule has 4 saturated carbocycles. The molecule has 0 aromatic heterocycles. The van der Waals surface area contributed by atoms with Crippen LogP contribution in [0.15, 0.2) is 72.8 Å². The molecule has 4 bridgehead atoms. The molecule has 244 valence electrons. The van der Waals surface area contributed by atoms with Gasteiger partial charge in [0.2, 0.25) is 0 Å². The van der Waals surface area contributed by atoms with Crippen LogP contribution >= 0.6 is 11.8 Å². The average Bonchev–Trinajstić information content (AvgIpc) is 3.07. The number of aliphatic hydroxyl groups is 2. The SMILES string of the molecule is O=C(NCc1cccc(-c2ccc([C@H]3O[C@@H](CSCCO)C[C@@H](c4ccc(CO)cc4)O3)cc2)c1)NC12CC3CC(CC(C3)C1)C2. The van der Waals surface area contributed by atoms with Crippen molar-refractivity contribution in [3.05, 3.63) is 95.1 Å². The lowest BCUT2D eigenvalue weighted by Gasteiger charge is -2.56. The van der Waals surface area contributed by atoms with Gasteiger partial charge in [-0.15, -0.1) is 0 Å². The molecule has 2 amide bonds. The van der Waals surface area contributed by atoms with Gasteiger partial charge in [0.05, 0.1) is 25.4 Å². The fourth-order valence-electron chi connectivity index (χ4n) is 8.73. The van der Waals surface area contributed by atoms with E-state index in [0.717, 1.165) is 82.6 Å². The summed E-state index contributed by atoms with van der Waals surface area (Å²) in [6.45, 7) is 0.655. The molecule has 3 aromatic carbocycles. The first-order chi connectivity index (χ1) is 22.5. The van der Waals surface area contributed by atoms with Crippen molar-refractivity contribution in [2.45, 2.75) is 82.1 Å². The minimum atomic E-state index is -0.506. The van der Waals surface area contributed by atoms with Crippen molar-refractivity contribution in [3.8, 4) is 11.1 Å². The van der Waals surface area contributed by atoms with Crippen LogP contribution in [0, 0.1) is 17.8 Å². The first-order valence-corrected chi connectivity index (χ1v) is 18.1. The lowest BCUT2D eigenvalue weighted by molar-refractivity contribution is -0.245. The molecular weight excluding hydrogens is 596 g/mol. The third-order valence-corrected chi connectivity index (χ3v) is 11.5. The van der Waals surface area contributed by atoms with Crippen molar-refractivity contribution in [2.75, 3.05) is 18.1 Å². The summed E-state index contributed by atoms with van der Waals surface area (Å²) in [5, 5.41) is 25.3. The van der Waals surface area contributed by atoms with E-state index in [-0.39, 0.29) is 37.0 Å². The smallest absolute Gasteiger partial charge is 0.315 e. The van der Waals surface area contributed by atoms with Gasteiger partial charge >= 0.3 is 6.03 Å². The summed E-state index contributed by atoms with van der Waals surface area (Å²) in [6.07, 6.45) is 7.62. The van der Waals surface area contributed by atoms with E-state index in [1.54, 1.807) is 11.8 Å². The Morgan fingerprint density at radius 3 is 2.17 bits per heavy atom. The van der Waals surface area contributed by atoms with E-state index < -0.39 is 6.29 Å². The van der Waals surface area contributed by atoms with Gasteiger partial charge < -0.3 is 30.3 Å². The highest BCUT2D eigenvalue weighted by molar-refractivity contribution is 7.99. The van der Waals surface area contributed by atoms with E-state index >= 15 is 0 Å². The van der Waals surface area contributed by atoms with Gasteiger partial charge in [0, 0.05) is 35.6 Å². The molecule has 5 aliphatic rings. The van der Waals surface area contributed by atoms with Crippen LogP contribution in [0.5, 0.6) is 0 Å². The van der Waals surface area contributed by atoms with E-state index in [0.29, 0.717) is 12.3 Å². The lowest BCUT2D eigenvalue weighted by atomic mass is 9.53. The van der Waals surface area contributed by atoms with Gasteiger partial charge in [0.25, 0.3) is 0 Å². The molecule has 3 atom stereocenters. The van der Waals surface area contributed by atoms with E-state index in [4.69, 9.17) is 9.47 Å². The number of rotatable bonds is 11. The highest BCUT2D eigenvalue weighted by Gasteiger charge is 2.51. The van der Waals surface area contributed by atoms with Crippen molar-refractivity contribution in [1.82, 2.24) is 10.6 Å². The second-order valence-electron chi connectivity index (χ2n) is 14.0. The zero-order valence-electron chi connectivity index (χ0n) is 26.4. The van der Waals surface area contributed by atoms with Crippen LogP contribution in [0.4, 0.5) is 4.79 Å². The fourth-order valence-corrected chi connectivity index (χ4v) is 9.50. The number of ether oxygens (including phenoxy) is 2. The van der Waals surface area contributed by atoms with Crippen LogP contribution < -0.4 is 10.6 Å². The molecule has 46 heavy (non-hydrogen) atoms. The third-order valence-electron chi connectivity index (χ3n) is 10.5. The predicted octanol–water partition coefficient (Wildman–Crippen LogP) is 6.88. The molecule has 4 N–H and O–H groups in total. The van der Waals surface area contributed by atoms with E-state index in [2.05, 4.69) is 53.1 Å². The number of carbonyl (C=O) groups excluding carboxylic acids is 1. The highest BCUT2D eigenvalue weighted by Crippen LogP contribution is 2.55. The number of nitrogens with one attached hydrogen (secondary N) is 2. The summed E-state index contributed by atoms with van der Waals surface area (Å²) in [5.41, 5.74) is 6.16. The van der Waals surface area contributed by atoms with Gasteiger partial charge in [-0.2, -0.15) is 11.8 Å². The number of aliphatic hydroxyl groups excluding tert-OH is 2. The zero-order chi connectivity index (χ0) is 31.5. The van der Waals surface area contributed by atoms with Crippen LogP contribution in [0.3, 0.4) is 0 Å². The second-order valence-corrected chi connectivity index (χ2v) is 15.1. The van der Waals surface area contributed by atoms with Crippen molar-refractivity contribution >= 4 is 17.8 Å². The van der Waals surface area contributed by atoms with Gasteiger partial charge in [-0.25, -0.2) is 4.79 Å². The normalized spacial score (nSPS) is 29.9. The van der Waals surface area contributed by atoms with Crippen molar-refractivity contribution in [2.24, 2.45) is 17.8 Å². The average molecular weight is 643 g/mol. The Balaban J connectivity index is 0.985. The molecule has 8 heteroatoms. The summed E-state index contributed by atoms with van der Waals surface area (Å²) >= 11 is 1.69. The molecule has 0 radical (unpaired) electrons. The van der Waals surface area contributed by atoms with Gasteiger partial charge in [-0.3, -0.25) is 0 Å². The van der Waals surface area contributed by atoms with Crippen molar-refractivity contribution < 1.29 is 24.5 Å². The minimum absolute atomic E-state index is 0.0109. The van der Waals surface area contributed by atoms with Crippen LogP contribution in [0.25, 0.3) is 11.1 Å². The number of hydrogen-bond acceptors (Lipinski definition) is 6. The summed E-state index contributed by atoms with van der Waals surface area (Å²) in [5.74, 6) is 3.86. The third kappa shape index (κ3) is 7.32. The maximum atomic E-state index is 13.0. The fraction of sp³-hybridized carbons (Fsp3) is 0.500. The number of amides is 2.